The second kappa shape index (κ2) is 7.09. The number of carbonyl (C=O) groups is 2. The minimum absolute atomic E-state index is 0.0424. The van der Waals surface area contributed by atoms with E-state index in [1.807, 2.05) is 63.2 Å². The van der Waals surface area contributed by atoms with Gasteiger partial charge in [0.2, 0.25) is 11.8 Å². The normalized spacial score (nSPS) is 17.0. The second-order valence-corrected chi connectivity index (χ2v) is 6.95. The van der Waals surface area contributed by atoms with Crippen molar-refractivity contribution in [2.24, 2.45) is 5.92 Å². The molecule has 4 nitrogen and oxygen atoms in total. The Kier molecular flexibility index (Phi) is 4.88. The van der Waals surface area contributed by atoms with Gasteiger partial charge in [-0.3, -0.25) is 9.59 Å². The van der Waals surface area contributed by atoms with Gasteiger partial charge in [0, 0.05) is 25.2 Å². The highest BCUT2D eigenvalue weighted by atomic mass is 16.2. The van der Waals surface area contributed by atoms with Gasteiger partial charge in [0.25, 0.3) is 0 Å². The van der Waals surface area contributed by atoms with Crippen LogP contribution in [0.5, 0.6) is 0 Å². The van der Waals surface area contributed by atoms with Gasteiger partial charge in [0.15, 0.2) is 0 Å². The van der Waals surface area contributed by atoms with Gasteiger partial charge in [-0.05, 0) is 49.6 Å². The van der Waals surface area contributed by atoms with Gasteiger partial charge in [-0.1, -0.05) is 35.9 Å². The molecule has 1 aliphatic rings. The Balaban J connectivity index is 1.62. The summed E-state index contributed by atoms with van der Waals surface area (Å²) in [7, 11) is 0. The van der Waals surface area contributed by atoms with E-state index in [0.717, 1.165) is 16.8 Å². The molecule has 0 spiro atoms. The number of nitrogens with one attached hydrogen (secondary N) is 1. The van der Waals surface area contributed by atoms with E-state index >= 15 is 0 Å². The number of nitrogens with zero attached hydrogens (tertiary/aromatic N) is 1. The van der Waals surface area contributed by atoms with E-state index in [-0.39, 0.29) is 24.2 Å². The summed E-state index contributed by atoms with van der Waals surface area (Å²) in [5, 5.41) is 2.95. The van der Waals surface area contributed by atoms with E-state index in [0.29, 0.717) is 13.1 Å². The van der Waals surface area contributed by atoms with E-state index in [1.54, 1.807) is 4.90 Å². The molecule has 2 amide bonds. The van der Waals surface area contributed by atoms with Crippen molar-refractivity contribution in [3.63, 3.8) is 0 Å². The lowest BCUT2D eigenvalue weighted by atomic mass is 10.1. The molecule has 1 aliphatic heterocycles. The molecule has 2 aromatic carbocycles. The Labute approximate surface area is 148 Å². The lowest BCUT2D eigenvalue weighted by Crippen LogP contribution is -2.28. The number of likely N-dealkylation sites (tertiary alicyclic amines) is 1. The molecule has 2 aromatic rings. The number of rotatable bonds is 4. The van der Waals surface area contributed by atoms with Crippen LogP contribution < -0.4 is 5.32 Å². The van der Waals surface area contributed by atoms with Gasteiger partial charge in [-0.15, -0.1) is 0 Å². The van der Waals surface area contributed by atoms with Crippen LogP contribution in [0, 0.1) is 26.7 Å². The standard InChI is InChI=1S/C21H24N2O2/c1-14-4-7-17(8-5-14)12-23-13-18(11-20(23)24)21(25)22-19-9-6-15(2)16(3)10-19/h4-10,18H,11-13H2,1-3H3,(H,22,25)/t18-/m1/s1. The SMILES string of the molecule is Cc1ccc(CN2C[C@H](C(=O)Nc3ccc(C)c(C)c3)CC2=O)cc1. The van der Waals surface area contributed by atoms with Gasteiger partial charge in [-0.25, -0.2) is 0 Å². The first-order valence-electron chi connectivity index (χ1n) is 8.64. The Hall–Kier alpha value is -2.62. The van der Waals surface area contributed by atoms with E-state index in [1.165, 1.54) is 11.1 Å². The minimum Gasteiger partial charge on any atom is -0.338 e. The second-order valence-electron chi connectivity index (χ2n) is 6.95. The average molecular weight is 336 g/mol. The molecular formula is C21H24N2O2. The summed E-state index contributed by atoms with van der Waals surface area (Å²) in [6.45, 7) is 7.14. The van der Waals surface area contributed by atoms with Gasteiger partial charge in [0.05, 0.1) is 5.92 Å². The van der Waals surface area contributed by atoms with E-state index in [2.05, 4.69) is 5.32 Å². The highest BCUT2D eigenvalue weighted by Gasteiger charge is 2.34. The summed E-state index contributed by atoms with van der Waals surface area (Å²) in [6.07, 6.45) is 0.280. The Morgan fingerprint density at radius 1 is 1.08 bits per heavy atom. The Morgan fingerprint density at radius 2 is 1.80 bits per heavy atom. The maximum absolute atomic E-state index is 12.5. The fourth-order valence-corrected chi connectivity index (χ4v) is 3.08. The van der Waals surface area contributed by atoms with Gasteiger partial charge < -0.3 is 10.2 Å². The molecule has 1 saturated heterocycles. The highest BCUT2D eigenvalue weighted by Crippen LogP contribution is 2.23. The predicted molar refractivity (Wildman–Crippen MR) is 99.2 cm³/mol. The maximum atomic E-state index is 12.5. The van der Waals surface area contributed by atoms with Crippen LogP contribution in [-0.4, -0.2) is 23.3 Å². The number of anilines is 1. The van der Waals surface area contributed by atoms with Crippen LogP contribution in [0.2, 0.25) is 0 Å². The summed E-state index contributed by atoms with van der Waals surface area (Å²) >= 11 is 0. The first kappa shape index (κ1) is 17.2. The molecule has 1 heterocycles. The fraction of sp³-hybridized carbons (Fsp3) is 0.333. The molecule has 0 bridgehead atoms. The fourth-order valence-electron chi connectivity index (χ4n) is 3.08. The van der Waals surface area contributed by atoms with Crippen LogP contribution in [0.1, 0.15) is 28.7 Å². The van der Waals surface area contributed by atoms with Crippen LogP contribution in [0.4, 0.5) is 5.69 Å². The zero-order valence-electron chi connectivity index (χ0n) is 15.0. The molecule has 1 fully saturated rings. The van der Waals surface area contributed by atoms with Crippen molar-refractivity contribution in [2.45, 2.75) is 33.7 Å². The lowest BCUT2D eigenvalue weighted by Gasteiger charge is -2.17. The number of aryl methyl sites for hydroxylation is 3. The summed E-state index contributed by atoms with van der Waals surface area (Å²) in [5.74, 6) is -0.330. The Bertz CT molecular complexity index is 796. The molecule has 0 saturated carbocycles. The van der Waals surface area contributed by atoms with Crippen LogP contribution in [0.25, 0.3) is 0 Å². The average Bonchev–Trinajstić information content (AvgIpc) is 2.94. The molecule has 0 radical (unpaired) electrons. The largest absolute Gasteiger partial charge is 0.338 e. The van der Waals surface area contributed by atoms with E-state index in [4.69, 9.17) is 0 Å². The highest BCUT2D eigenvalue weighted by molar-refractivity contribution is 5.97. The molecular weight excluding hydrogens is 312 g/mol. The number of hydrogen-bond acceptors (Lipinski definition) is 2. The predicted octanol–water partition coefficient (Wildman–Crippen LogP) is 3.60. The van der Waals surface area contributed by atoms with Gasteiger partial charge >= 0.3 is 0 Å². The molecule has 1 atom stereocenters. The van der Waals surface area contributed by atoms with Gasteiger partial charge in [0.1, 0.15) is 0 Å². The van der Waals surface area contributed by atoms with Crippen LogP contribution in [-0.2, 0) is 16.1 Å². The van der Waals surface area contributed by atoms with Crippen molar-refractivity contribution in [1.82, 2.24) is 4.90 Å². The number of amides is 2. The van der Waals surface area contributed by atoms with Crippen molar-refractivity contribution >= 4 is 17.5 Å². The monoisotopic (exact) mass is 336 g/mol. The quantitative estimate of drug-likeness (QED) is 0.927. The van der Waals surface area contributed by atoms with Crippen molar-refractivity contribution in [3.8, 4) is 0 Å². The Morgan fingerprint density at radius 3 is 2.48 bits per heavy atom. The molecule has 0 unspecified atom stereocenters. The number of carbonyl (C=O) groups excluding carboxylic acids is 2. The smallest absolute Gasteiger partial charge is 0.229 e. The summed E-state index contributed by atoms with van der Waals surface area (Å²) in [6, 6.07) is 14.0. The third kappa shape index (κ3) is 4.08. The molecule has 0 aliphatic carbocycles. The zero-order valence-corrected chi connectivity index (χ0v) is 15.0. The summed E-state index contributed by atoms with van der Waals surface area (Å²) in [4.78, 5) is 26.5. The summed E-state index contributed by atoms with van der Waals surface area (Å²) in [5.41, 5.74) is 5.41. The molecule has 3 rings (SSSR count). The molecule has 25 heavy (non-hydrogen) atoms. The van der Waals surface area contributed by atoms with E-state index < -0.39 is 0 Å². The van der Waals surface area contributed by atoms with Crippen molar-refractivity contribution in [3.05, 3.63) is 64.7 Å². The first-order chi connectivity index (χ1) is 11.9. The molecule has 1 N–H and O–H groups in total. The summed E-state index contributed by atoms with van der Waals surface area (Å²) < 4.78 is 0. The first-order valence-corrected chi connectivity index (χ1v) is 8.64. The van der Waals surface area contributed by atoms with E-state index in [9.17, 15) is 9.59 Å². The molecule has 0 aromatic heterocycles. The third-order valence-electron chi connectivity index (χ3n) is 4.85. The van der Waals surface area contributed by atoms with Crippen LogP contribution in [0.3, 0.4) is 0 Å². The minimum atomic E-state index is -0.292. The van der Waals surface area contributed by atoms with Crippen molar-refractivity contribution in [2.75, 3.05) is 11.9 Å². The van der Waals surface area contributed by atoms with Gasteiger partial charge in [-0.2, -0.15) is 0 Å². The molecule has 4 heteroatoms. The van der Waals surface area contributed by atoms with Crippen LogP contribution in [0.15, 0.2) is 42.5 Å². The van der Waals surface area contributed by atoms with Crippen molar-refractivity contribution in [1.29, 1.82) is 0 Å². The number of benzene rings is 2. The maximum Gasteiger partial charge on any atom is 0.229 e. The van der Waals surface area contributed by atoms with Crippen molar-refractivity contribution < 1.29 is 9.59 Å². The number of hydrogen-bond donors (Lipinski definition) is 1. The molecule has 130 valence electrons. The van der Waals surface area contributed by atoms with Crippen LogP contribution >= 0.6 is 0 Å². The lowest BCUT2D eigenvalue weighted by molar-refractivity contribution is -0.128. The topological polar surface area (TPSA) is 49.4 Å². The zero-order chi connectivity index (χ0) is 18.0. The third-order valence-corrected chi connectivity index (χ3v) is 4.85.